The van der Waals surface area contributed by atoms with E-state index in [1.165, 1.54) is 21.5 Å². The minimum Gasteiger partial charge on any atom is -0.339 e. The first kappa shape index (κ1) is 8.70. The minimum atomic E-state index is 1.32. The Morgan fingerprint density at radius 3 is 2.54 bits per heavy atom. The smallest absolute Gasteiger partial charge is 0.0783 e. The average molecular weight is 191 g/mol. The first-order valence-corrected chi connectivity index (χ1v) is 5.56. The molecule has 0 amide bonds. The van der Waals surface area contributed by atoms with E-state index in [-0.39, 0.29) is 0 Å². The summed E-state index contributed by atoms with van der Waals surface area (Å²) in [7, 11) is 2.13. The number of hydrogen-bond donors (Lipinski definition) is 0. The lowest BCUT2D eigenvalue weighted by Gasteiger charge is -2.00. The van der Waals surface area contributed by atoms with E-state index in [4.69, 9.17) is 0 Å². The molecular formula is C11H13NS. The van der Waals surface area contributed by atoms with Gasteiger partial charge >= 0.3 is 0 Å². The standard InChI is InChI=1S/C11H13NS/c1-8-9-6-4-5-7-10(9)12(2)11(8)13-3/h4-7H,1-3H3. The van der Waals surface area contributed by atoms with Crippen LogP contribution in [0, 0.1) is 6.92 Å². The van der Waals surface area contributed by atoms with Gasteiger partial charge in [-0.15, -0.1) is 11.8 Å². The van der Waals surface area contributed by atoms with E-state index in [0.717, 1.165) is 0 Å². The maximum atomic E-state index is 2.26. The van der Waals surface area contributed by atoms with Crippen molar-refractivity contribution in [3.63, 3.8) is 0 Å². The average Bonchev–Trinajstić information content (AvgIpc) is 2.41. The van der Waals surface area contributed by atoms with E-state index >= 15 is 0 Å². The zero-order valence-corrected chi connectivity index (χ0v) is 8.98. The van der Waals surface area contributed by atoms with E-state index in [1.807, 2.05) is 11.8 Å². The Kier molecular flexibility index (Phi) is 2.08. The van der Waals surface area contributed by atoms with Crippen LogP contribution in [-0.2, 0) is 7.05 Å². The molecule has 0 aliphatic carbocycles. The fourth-order valence-electron chi connectivity index (χ4n) is 1.85. The van der Waals surface area contributed by atoms with Gasteiger partial charge in [0.25, 0.3) is 0 Å². The summed E-state index contributed by atoms with van der Waals surface area (Å²) in [4.78, 5) is 0. The zero-order valence-electron chi connectivity index (χ0n) is 8.16. The van der Waals surface area contributed by atoms with E-state index in [0.29, 0.717) is 0 Å². The third-order valence-corrected chi connectivity index (χ3v) is 3.45. The van der Waals surface area contributed by atoms with Crippen LogP contribution < -0.4 is 0 Å². The lowest BCUT2D eigenvalue weighted by molar-refractivity contribution is 0.853. The van der Waals surface area contributed by atoms with Gasteiger partial charge in [0.15, 0.2) is 0 Å². The van der Waals surface area contributed by atoms with Gasteiger partial charge in [-0.1, -0.05) is 18.2 Å². The number of benzene rings is 1. The number of thioether (sulfide) groups is 1. The molecule has 1 aromatic heterocycles. The van der Waals surface area contributed by atoms with Crippen LogP contribution in [0.5, 0.6) is 0 Å². The highest BCUT2D eigenvalue weighted by molar-refractivity contribution is 7.98. The maximum Gasteiger partial charge on any atom is 0.0783 e. The molecule has 0 bridgehead atoms. The lowest BCUT2D eigenvalue weighted by atomic mass is 10.2. The number of para-hydroxylation sites is 1. The molecule has 0 aliphatic rings. The molecule has 2 heteroatoms. The first-order valence-electron chi connectivity index (χ1n) is 4.33. The van der Waals surface area contributed by atoms with Gasteiger partial charge in [-0.3, -0.25) is 0 Å². The summed E-state index contributed by atoms with van der Waals surface area (Å²) < 4.78 is 2.26. The summed E-state index contributed by atoms with van der Waals surface area (Å²) >= 11 is 1.81. The Morgan fingerprint density at radius 2 is 1.92 bits per heavy atom. The number of rotatable bonds is 1. The molecule has 1 heterocycles. The van der Waals surface area contributed by atoms with E-state index in [2.05, 4.69) is 49.1 Å². The predicted octanol–water partition coefficient (Wildman–Crippen LogP) is 3.21. The minimum absolute atomic E-state index is 1.32. The molecule has 0 fully saturated rings. The van der Waals surface area contributed by atoms with Crippen molar-refractivity contribution in [1.82, 2.24) is 4.57 Å². The van der Waals surface area contributed by atoms with Crippen LogP contribution in [0.15, 0.2) is 29.3 Å². The molecule has 13 heavy (non-hydrogen) atoms. The van der Waals surface area contributed by atoms with Gasteiger partial charge in [-0.05, 0) is 24.8 Å². The summed E-state index contributed by atoms with van der Waals surface area (Å²) in [6.45, 7) is 2.19. The van der Waals surface area contributed by atoms with Crippen LogP contribution >= 0.6 is 11.8 Å². The molecule has 0 radical (unpaired) electrons. The van der Waals surface area contributed by atoms with Crippen LogP contribution in [-0.4, -0.2) is 10.8 Å². The monoisotopic (exact) mass is 191 g/mol. The Labute approximate surface area is 82.8 Å². The highest BCUT2D eigenvalue weighted by Crippen LogP contribution is 2.29. The highest BCUT2D eigenvalue weighted by Gasteiger charge is 2.08. The molecule has 0 unspecified atom stereocenters. The van der Waals surface area contributed by atoms with Crippen molar-refractivity contribution in [3.8, 4) is 0 Å². The van der Waals surface area contributed by atoms with Crippen molar-refractivity contribution in [1.29, 1.82) is 0 Å². The highest BCUT2D eigenvalue weighted by atomic mass is 32.2. The quantitative estimate of drug-likeness (QED) is 0.627. The largest absolute Gasteiger partial charge is 0.339 e. The predicted molar refractivity (Wildman–Crippen MR) is 59.4 cm³/mol. The molecular weight excluding hydrogens is 178 g/mol. The molecule has 1 nitrogen and oxygen atoms in total. The van der Waals surface area contributed by atoms with Crippen LogP contribution in [0.25, 0.3) is 10.9 Å². The molecule has 2 rings (SSSR count). The van der Waals surface area contributed by atoms with Gasteiger partial charge < -0.3 is 4.57 Å². The summed E-state index contributed by atoms with van der Waals surface area (Å²) in [6.07, 6.45) is 2.13. The summed E-state index contributed by atoms with van der Waals surface area (Å²) in [5.41, 5.74) is 2.72. The van der Waals surface area contributed by atoms with Crippen LogP contribution in [0.4, 0.5) is 0 Å². The van der Waals surface area contributed by atoms with Crippen molar-refractivity contribution in [2.45, 2.75) is 11.9 Å². The van der Waals surface area contributed by atoms with Crippen LogP contribution in [0.3, 0.4) is 0 Å². The van der Waals surface area contributed by atoms with Crippen molar-refractivity contribution in [2.75, 3.05) is 6.26 Å². The lowest BCUT2D eigenvalue weighted by Crippen LogP contribution is -1.88. The van der Waals surface area contributed by atoms with E-state index in [1.54, 1.807) is 0 Å². The Hall–Kier alpha value is -0.890. The summed E-state index contributed by atoms with van der Waals surface area (Å²) in [5, 5.41) is 2.73. The fourth-order valence-corrected chi connectivity index (χ4v) is 2.64. The Balaban J connectivity index is 2.88. The van der Waals surface area contributed by atoms with Gasteiger partial charge in [0.05, 0.1) is 5.03 Å². The number of nitrogens with zero attached hydrogens (tertiary/aromatic N) is 1. The summed E-state index contributed by atoms with van der Waals surface area (Å²) in [5.74, 6) is 0. The second-order valence-corrected chi connectivity index (χ2v) is 4.01. The molecule has 2 aromatic rings. The molecule has 0 aliphatic heterocycles. The molecule has 0 N–H and O–H groups in total. The van der Waals surface area contributed by atoms with Crippen LogP contribution in [0.1, 0.15) is 5.56 Å². The first-order chi connectivity index (χ1) is 6.25. The Bertz CT molecular complexity index is 404. The molecule has 0 atom stereocenters. The van der Waals surface area contributed by atoms with Crippen LogP contribution in [0.2, 0.25) is 0 Å². The van der Waals surface area contributed by atoms with Gasteiger partial charge in [-0.2, -0.15) is 0 Å². The normalized spacial score (nSPS) is 11.0. The number of hydrogen-bond acceptors (Lipinski definition) is 1. The van der Waals surface area contributed by atoms with Gasteiger partial charge in [-0.25, -0.2) is 0 Å². The number of fused-ring (bicyclic) bond motifs is 1. The van der Waals surface area contributed by atoms with Crippen molar-refractivity contribution < 1.29 is 0 Å². The second kappa shape index (κ2) is 3.11. The molecule has 0 saturated carbocycles. The number of aromatic nitrogens is 1. The van der Waals surface area contributed by atoms with Crippen molar-refractivity contribution in [3.05, 3.63) is 29.8 Å². The van der Waals surface area contributed by atoms with E-state index in [9.17, 15) is 0 Å². The number of aryl methyl sites for hydroxylation is 2. The van der Waals surface area contributed by atoms with Crippen molar-refractivity contribution in [2.24, 2.45) is 7.05 Å². The van der Waals surface area contributed by atoms with Gasteiger partial charge in [0, 0.05) is 18.0 Å². The third kappa shape index (κ3) is 1.17. The van der Waals surface area contributed by atoms with Crippen molar-refractivity contribution >= 4 is 22.7 Å². The molecule has 1 aromatic carbocycles. The zero-order chi connectivity index (χ0) is 9.42. The molecule has 0 spiro atoms. The summed E-state index contributed by atoms with van der Waals surface area (Å²) in [6, 6.07) is 8.54. The topological polar surface area (TPSA) is 4.93 Å². The van der Waals surface area contributed by atoms with Gasteiger partial charge in [0.1, 0.15) is 0 Å². The Morgan fingerprint density at radius 1 is 1.23 bits per heavy atom. The maximum absolute atomic E-state index is 2.26. The van der Waals surface area contributed by atoms with E-state index < -0.39 is 0 Å². The molecule has 68 valence electrons. The third-order valence-electron chi connectivity index (χ3n) is 2.49. The SMILES string of the molecule is CSc1c(C)c2ccccc2n1C. The second-order valence-electron chi connectivity index (χ2n) is 3.21. The van der Waals surface area contributed by atoms with Gasteiger partial charge in [0.2, 0.25) is 0 Å². The fraction of sp³-hybridized carbons (Fsp3) is 0.273. The molecule has 0 saturated heterocycles.